The molecule has 1 unspecified atom stereocenters. The highest BCUT2D eigenvalue weighted by Crippen LogP contribution is 2.31. The summed E-state index contributed by atoms with van der Waals surface area (Å²) in [5, 5.41) is 10.9. The Morgan fingerprint density at radius 1 is 1.19 bits per heavy atom. The summed E-state index contributed by atoms with van der Waals surface area (Å²) in [7, 11) is -3.27. The van der Waals surface area contributed by atoms with Crippen LogP contribution in [0.25, 0.3) is 0 Å². The maximum Gasteiger partial charge on any atom is 0.175 e. The van der Waals surface area contributed by atoms with E-state index in [1.165, 1.54) is 18.2 Å². The highest BCUT2D eigenvalue weighted by molar-refractivity contribution is 9.10. The van der Waals surface area contributed by atoms with Crippen LogP contribution in [-0.2, 0) is 28.4 Å². The summed E-state index contributed by atoms with van der Waals surface area (Å²) >= 11 is 3.47. The molecule has 0 aromatic heterocycles. The summed E-state index contributed by atoms with van der Waals surface area (Å²) in [6.45, 7) is 3.16. The molecule has 2 aromatic rings. The lowest BCUT2D eigenvalue weighted by Gasteiger charge is -2.35. The summed E-state index contributed by atoms with van der Waals surface area (Å²) in [6, 6.07) is 9.44. The third-order valence-corrected chi connectivity index (χ3v) is 6.68. The van der Waals surface area contributed by atoms with Crippen LogP contribution in [0, 0.1) is 5.82 Å². The average molecular weight is 442 g/mol. The number of sulfone groups is 1. The quantitative estimate of drug-likeness (QED) is 0.790. The molecule has 3 rings (SSSR count). The van der Waals surface area contributed by atoms with E-state index in [0.717, 1.165) is 16.3 Å². The van der Waals surface area contributed by atoms with E-state index in [-0.39, 0.29) is 10.7 Å². The van der Waals surface area contributed by atoms with Crippen LogP contribution in [0.3, 0.4) is 0 Å². The second-order valence-electron chi connectivity index (χ2n) is 7.02. The Kier molecular flexibility index (Phi) is 5.27. The number of rotatable bonds is 4. The van der Waals surface area contributed by atoms with Crippen LogP contribution in [0.5, 0.6) is 0 Å². The SMILES string of the molecule is CC(O)(CN1CCc2c(Br)ccc(F)c2C1)c1ccc(S(C)(=O)=O)cc1. The first-order valence-corrected chi connectivity index (χ1v) is 11.0. The molecule has 7 heteroatoms. The summed E-state index contributed by atoms with van der Waals surface area (Å²) in [5.41, 5.74) is 1.11. The molecule has 1 N–H and O–H groups in total. The van der Waals surface area contributed by atoms with Gasteiger partial charge in [-0.05, 0) is 48.7 Å². The Morgan fingerprint density at radius 2 is 1.85 bits per heavy atom. The standard InChI is InChI=1S/C19H21BrFNO3S/c1-19(23,13-3-5-14(6-4-13)26(2,24)25)12-22-10-9-15-16(11-22)18(21)8-7-17(15)20/h3-8,23H,9-12H2,1-2H3. The van der Waals surface area contributed by atoms with Gasteiger partial charge in [-0.25, -0.2) is 12.8 Å². The number of halogens is 2. The monoisotopic (exact) mass is 441 g/mol. The molecule has 1 aliphatic heterocycles. The topological polar surface area (TPSA) is 57.6 Å². The zero-order valence-corrected chi connectivity index (χ0v) is 17.1. The van der Waals surface area contributed by atoms with E-state index in [4.69, 9.17) is 0 Å². The fourth-order valence-corrected chi connectivity index (χ4v) is 4.57. The van der Waals surface area contributed by atoms with E-state index in [1.54, 1.807) is 25.1 Å². The minimum atomic E-state index is -3.27. The van der Waals surface area contributed by atoms with Crippen LogP contribution in [0.15, 0.2) is 45.8 Å². The number of fused-ring (bicyclic) bond motifs is 1. The lowest BCUT2D eigenvalue weighted by molar-refractivity contribution is 0.0113. The molecule has 0 saturated heterocycles. The highest BCUT2D eigenvalue weighted by Gasteiger charge is 2.30. The van der Waals surface area contributed by atoms with E-state index in [9.17, 15) is 17.9 Å². The van der Waals surface area contributed by atoms with Gasteiger partial charge in [0.05, 0.1) is 10.5 Å². The minimum Gasteiger partial charge on any atom is -0.384 e. The van der Waals surface area contributed by atoms with Crippen LogP contribution >= 0.6 is 15.9 Å². The van der Waals surface area contributed by atoms with Gasteiger partial charge in [-0.2, -0.15) is 0 Å². The number of hydrogen-bond donors (Lipinski definition) is 1. The normalized spacial score (nSPS) is 17.6. The van der Waals surface area contributed by atoms with Gasteiger partial charge in [0.1, 0.15) is 5.82 Å². The highest BCUT2D eigenvalue weighted by atomic mass is 79.9. The van der Waals surface area contributed by atoms with Crippen LogP contribution in [0.1, 0.15) is 23.6 Å². The summed E-state index contributed by atoms with van der Waals surface area (Å²) in [5.74, 6) is -0.231. The number of benzene rings is 2. The Labute approximate surface area is 161 Å². The van der Waals surface area contributed by atoms with Crippen molar-refractivity contribution in [3.8, 4) is 0 Å². The second kappa shape index (κ2) is 7.03. The Bertz CT molecular complexity index is 927. The van der Waals surface area contributed by atoms with Crippen molar-refractivity contribution in [1.82, 2.24) is 4.90 Å². The van der Waals surface area contributed by atoms with E-state index in [1.807, 2.05) is 4.90 Å². The summed E-state index contributed by atoms with van der Waals surface area (Å²) < 4.78 is 38.2. The van der Waals surface area contributed by atoms with Crippen molar-refractivity contribution in [2.24, 2.45) is 0 Å². The molecule has 0 bridgehead atoms. The number of hydrogen-bond acceptors (Lipinski definition) is 4. The predicted molar refractivity (Wildman–Crippen MR) is 102 cm³/mol. The van der Waals surface area contributed by atoms with Crippen LogP contribution in [0.2, 0.25) is 0 Å². The molecule has 0 amide bonds. The van der Waals surface area contributed by atoms with Crippen LogP contribution < -0.4 is 0 Å². The minimum absolute atomic E-state index is 0.218. The number of nitrogens with zero attached hydrogens (tertiary/aromatic N) is 1. The van der Waals surface area contributed by atoms with Gasteiger partial charge in [-0.3, -0.25) is 4.90 Å². The third-order valence-electron chi connectivity index (χ3n) is 4.81. The largest absolute Gasteiger partial charge is 0.384 e. The van der Waals surface area contributed by atoms with Gasteiger partial charge in [-0.1, -0.05) is 28.1 Å². The Hall–Kier alpha value is -1.28. The number of aliphatic hydroxyl groups is 1. The molecule has 140 valence electrons. The molecule has 0 fully saturated rings. The smallest absolute Gasteiger partial charge is 0.175 e. The molecule has 0 spiro atoms. The molecule has 1 atom stereocenters. The van der Waals surface area contributed by atoms with Crippen molar-refractivity contribution in [3.05, 3.63) is 63.4 Å². The summed E-state index contributed by atoms with van der Waals surface area (Å²) in [6.07, 6.45) is 1.86. The van der Waals surface area contributed by atoms with Crippen LogP contribution in [-0.4, -0.2) is 37.8 Å². The fraction of sp³-hybridized carbons (Fsp3) is 0.368. The Balaban J connectivity index is 1.79. The van der Waals surface area contributed by atoms with Gasteiger partial charge in [0.15, 0.2) is 9.84 Å². The molecule has 26 heavy (non-hydrogen) atoms. The van der Waals surface area contributed by atoms with Gasteiger partial charge < -0.3 is 5.11 Å². The average Bonchev–Trinajstić information content (AvgIpc) is 2.57. The van der Waals surface area contributed by atoms with E-state index >= 15 is 0 Å². The van der Waals surface area contributed by atoms with Crippen molar-refractivity contribution in [2.45, 2.75) is 30.4 Å². The van der Waals surface area contributed by atoms with Crippen molar-refractivity contribution in [1.29, 1.82) is 0 Å². The molecule has 2 aromatic carbocycles. The van der Waals surface area contributed by atoms with Gasteiger partial charge in [0, 0.05) is 35.9 Å². The lowest BCUT2D eigenvalue weighted by atomic mass is 9.93. The Morgan fingerprint density at radius 3 is 2.46 bits per heavy atom. The van der Waals surface area contributed by atoms with E-state index in [0.29, 0.717) is 37.2 Å². The van der Waals surface area contributed by atoms with Crippen molar-refractivity contribution < 1.29 is 17.9 Å². The molecular formula is C19H21BrFNO3S. The van der Waals surface area contributed by atoms with Crippen molar-refractivity contribution in [3.63, 3.8) is 0 Å². The molecule has 4 nitrogen and oxygen atoms in total. The van der Waals surface area contributed by atoms with Crippen molar-refractivity contribution >= 4 is 25.8 Å². The zero-order valence-electron chi connectivity index (χ0n) is 14.7. The van der Waals surface area contributed by atoms with Gasteiger partial charge >= 0.3 is 0 Å². The number of β-amino-alcohol motifs (C(OH)–C–C–N with tert-alkyl or cyclic N) is 1. The molecule has 0 saturated carbocycles. The zero-order chi connectivity index (χ0) is 19.1. The van der Waals surface area contributed by atoms with Crippen molar-refractivity contribution in [2.75, 3.05) is 19.3 Å². The fourth-order valence-electron chi connectivity index (χ4n) is 3.37. The molecule has 1 aliphatic rings. The lowest BCUT2D eigenvalue weighted by Crippen LogP contribution is -2.41. The molecule has 0 aliphatic carbocycles. The second-order valence-corrected chi connectivity index (χ2v) is 9.89. The van der Waals surface area contributed by atoms with Gasteiger partial charge in [0.2, 0.25) is 0 Å². The first-order valence-electron chi connectivity index (χ1n) is 8.29. The first-order chi connectivity index (χ1) is 12.1. The summed E-state index contributed by atoms with van der Waals surface area (Å²) in [4.78, 5) is 2.23. The van der Waals surface area contributed by atoms with Gasteiger partial charge in [0.25, 0.3) is 0 Å². The predicted octanol–water partition coefficient (Wildman–Crippen LogP) is 3.26. The molecular weight excluding hydrogens is 421 g/mol. The molecule has 0 radical (unpaired) electrons. The third kappa shape index (κ3) is 4.01. The van der Waals surface area contributed by atoms with E-state index in [2.05, 4.69) is 15.9 Å². The first kappa shape index (κ1) is 19.5. The maximum atomic E-state index is 14.2. The van der Waals surface area contributed by atoms with Crippen LogP contribution in [0.4, 0.5) is 4.39 Å². The maximum absolute atomic E-state index is 14.2. The van der Waals surface area contributed by atoms with Gasteiger partial charge in [-0.15, -0.1) is 0 Å². The molecule has 1 heterocycles. The van der Waals surface area contributed by atoms with E-state index < -0.39 is 15.4 Å².